The maximum absolute atomic E-state index is 14.6. The van der Waals surface area contributed by atoms with E-state index < -0.39 is 34.8 Å². The Kier molecular flexibility index (Phi) is 4.69. The molecule has 0 radical (unpaired) electrons. The molecule has 0 unspecified atom stereocenters. The van der Waals surface area contributed by atoms with Gasteiger partial charge in [-0.1, -0.05) is 18.7 Å². The van der Waals surface area contributed by atoms with Crippen LogP contribution in [0.1, 0.15) is 29.5 Å². The summed E-state index contributed by atoms with van der Waals surface area (Å²) in [7, 11) is 1.60. The molecule has 0 amide bonds. The number of guanidine groups is 1. The van der Waals surface area contributed by atoms with Crippen LogP contribution >= 0.6 is 0 Å². The summed E-state index contributed by atoms with van der Waals surface area (Å²) in [5.74, 6) is -2.08. The predicted molar refractivity (Wildman–Crippen MR) is 96.4 cm³/mol. The van der Waals surface area contributed by atoms with Crippen LogP contribution in [0, 0.1) is 11.6 Å². The van der Waals surface area contributed by atoms with Crippen LogP contribution in [0.15, 0.2) is 59.7 Å². The van der Waals surface area contributed by atoms with Crippen LogP contribution < -0.4 is 5.73 Å². The van der Waals surface area contributed by atoms with Gasteiger partial charge in [0.05, 0.1) is 11.5 Å². The van der Waals surface area contributed by atoms with Crippen molar-refractivity contribution < 1.29 is 22.0 Å². The molecule has 2 aromatic carbocycles. The molecule has 3 rings (SSSR count). The number of hydrogen-bond acceptors (Lipinski definition) is 3. The Morgan fingerprint density at radius 1 is 1.11 bits per heavy atom. The molecule has 2 N–H and O–H groups in total. The van der Waals surface area contributed by atoms with E-state index in [4.69, 9.17) is 5.73 Å². The lowest BCUT2D eigenvalue weighted by Gasteiger charge is -2.44. The van der Waals surface area contributed by atoms with Crippen molar-refractivity contribution in [2.45, 2.75) is 24.6 Å². The molecule has 8 heteroatoms. The molecule has 148 valence electrons. The van der Waals surface area contributed by atoms with Gasteiger partial charge in [0.15, 0.2) is 5.96 Å². The van der Waals surface area contributed by atoms with Crippen LogP contribution in [0.5, 0.6) is 0 Å². The summed E-state index contributed by atoms with van der Waals surface area (Å²) >= 11 is 0. The minimum atomic E-state index is -4.49. The first-order valence-electron chi connectivity index (χ1n) is 8.35. The fourth-order valence-electron chi connectivity index (χ4n) is 3.53. The minimum absolute atomic E-state index is 0.0410. The maximum Gasteiger partial charge on any atom is 0.416 e. The van der Waals surface area contributed by atoms with Gasteiger partial charge < -0.3 is 10.6 Å². The zero-order valence-electron chi connectivity index (χ0n) is 15.2. The standard InChI is InChI=1S/C20H18F5N3/c1-11-17(12-4-6-13(7-5-12)20(23,24)25)19(2,27-18(26)28(11)3)15-10-14(21)8-9-16(15)22/h4-10,17H,1H2,2-3H3,(H2,26,27)/t17-,19-/m1/s1. The molecule has 2 aromatic rings. The third-order valence-electron chi connectivity index (χ3n) is 5.06. The van der Waals surface area contributed by atoms with Gasteiger partial charge in [-0.3, -0.25) is 0 Å². The van der Waals surface area contributed by atoms with Gasteiger partial charge in [-0.25, -0.2) is 13.8 Å². The average molecular weight is 395 g/mol. The molecule has 1 heterocycles. The van der Waals surface area contributed by atoms with E-state index in [-0.39, 0.29) is 11.5 Å². The van der Waals surface area contributed by atoms with E-state index in [1.54, 1.807) is 14.0 Å². The second-order valence-electron chi connectivity index (χ2n) is 6.84. The second-order valence-corrected chi connectivity index (χ2v) is 6.84. The Hall–Kier alpha value is -2.90. The number of nitrogens with two attached hydrogens (primary N) is 1. The van der Waals surface area contributed by atoms with Gasteiger partial charge in [-0.2, -0.15) is 13.2 Å². The highest BCUT2D eigenvalue weighted by molar-refractivity contribution is 5.82. The van der Waals surface area contributed by atoms with Crippen molar-refractivity contribution in [3.63, 3.8) is 0 Å². The summed E-state index contributed by atoms with van der Waals surface area (Å²) in [5, 5.41) is 0. The molecule has 0 aromatic heterocycles. The van der Waals surface area contributed by atoms with Crippen LogP contribution in [-0.4, -0.2) is 17.9 Å². The van der Waals surface area contributed by atoms with Crippen LogP contribution in [0.4, 0.5) is 22.0 Å². The quantitative estimate of drug-likeness (QED) is 0.746. The largest absolute Gasteiger partial charge is 0.416 e. The number of aliphatic imine (C=N–C) groups is 1. The second kappa shape index (κ2) is 6.61. The van der Waals surface area contributed by atoms with Crippen molar-refractivity contribution in [3.8, 4) is 0 Å². The Morgan fingerprint density at radius 3 is 2.29 bits per heavy atom. The van der Waals surface area contributed by atoms with Gasteiger partial charge in [0.2, 0.25) is 0 Å². The molecular formula is C20H18F5N3. The van der Waals surface area contributed by atoms with Crippen molar-refractivity contribution in [2.24, 2.45) is 10.7 Å². The number of alkyl halides is 3. The van der Waals surface area contributed by atoms with E-state index in [0.29, 0.717) is 11.3 Å². The molecule has 0 bridgehead atoms. The van der Waals surface area contributed by atoms with E-state index in [0.717, 1.165) is 30.3 Å². The molecule has 0 saturated heterocycles. The number of benzene rings is 2. The number of likely N-dealkylation sites (N-methyl/N-ethyl adjacent to an activating group) is 1. The highest BCUT2D eigenvalue weighted by Crippen LogP contribution is 2.48. The Labute approximate surface area is 159 Å². The number of halogens is 5. The van der Waals surface area contributed by atoms with Gasteiger partial charge in [-0.15, -0.1) is 0 Å². The van der Waals surface area contributed by atoms with E-state index in [9.17, 15) is 22.0 Å². The first-order chi connectivity index (χ1) is 12.9. The summed E-state index contributed by atoms with van der Waals surface area (Å²) in [5.41, 5.74) is 4.49. The summed E-state index contributed by atoms with van der Waals surface area (Å²) in [6.45, 7) is 5.53. The van der Waals surface area contributed by atoms with Crippen molar-refractivity contribution in [3.05, 3.63) is 83.1 Å². The summed E-state index contributed by atoms with van der Waals surface area (Å²) in [6.07, 6.45) is -4.49. The van der Waals surface area contributed by atoms with Gasteiger partial charge in [0.25, 0.3) is 0 Å². The fraction of sp³-hybridized carbons (Fsp3) is 0.250. The highest BCUT2D eigenvalue weighted by atomic mass is 19.4. The molecule has 3 nitrogen and oxygen atoms in total. The molecule has 0 spiro atoms. The first-order valence-corrected chi connectivity index (χ1v) is 8.35. The van der Waals surface area contributed by atoms with E-state index in [1.807, 2.05) is 0 Å². The predicted octanol–water partition coefficient (Wildman–Crippen LogP) is 4.76. The van der Waals surface area contributed by atoms with Crippen molar-refractivity contribution in [1.82, 2.24) is 4.90 Å². The van der Waals surface area contributed by atoms with Gasteiger partial charge in [0.1, 0.15) is 17.2 Å². The van der Waals surface area contributed by atoms with Gasteiger partial charge in [0, 0.05) is 18.3 Å². The summed E-state index contributed by atoms with van der Waals surface area (Å²) in [4.78, 5) is 5.85. The molecule has 2 atom stereocenters. The smallest absolute Gasteiger partial charge is 0.370 e. The molecular weight excluding hydrogens is 377 g/mol. The van der Waals surface area contributed by atoms with Gasteiger partial charge in [-0.05, 0) is 42.8 Å². The van der Waals surface area contributed by atoms with Crippen molar-refractivity contribution >= 4 is 5.96 Å². The van der Waals surface area contributed by atoms with Crippen LogP contribution in [0.2, 0.25) is 0 Å². The lowest BCUT2D eigenvalue weighted by molar-refractivity contribution is -0.137. The Balaban J connectivity index is 2.21. The van der Waals surface area contributed by atoms with Crippen LogP contribution in [0.3, 0.4) is 0 Å². The first kappa shape index (κ1) is 19.9. The van der Waals surface area contributed by atoms with Crippen molar-refractivity contribution in [2.75, 3.05) is 7.05 Å². The van der Waals surface area contributed by atoms with E-state index in [2.05, 4.69) is 11.6 Å². The number of nitrogens with zero attached hydrogens (tertiary/aromatic N) is 2. The minimum Gasteiger partial charge on any atom is -0.370 e. The van der Waals surface area contributed by atoms with E-state index >= 15 is 0 Å². The molecule has 28 heavy (non-hydrogen) atoms. The summed E-state index contributed by atoms with van der Waals surface area (Å²) < 4.78 is 67.2. The maximum atomic E-state index is 14.6. The highest BCUT2D eigenvalue weighted by Gasteiger charge is 2.45. The normalized spacial score (nSPS) is 23.0. The molecule has 0 aliphatic carbocycles. The molecule has 0 fully saturated rings. The topological polar surface area (TPSA) is 41.6 Å². The Morgan fingerprint density at radius 2 is 1.71 bits per heavy atom. The molecule has 1 aliphatic heterocycles. The number of rotatable bonds is 2. The van der Waals surface area contributed by atoms with Crippen LogP contribution in [-0.2, 0) is 11.7 Å². The zero-order valence-corrected chi connectivity index (χ0v) is 15.2. The summed E-state index contributed by atoms with van der Waals surface area (Å²) in [6, 6.07) is 7.43. The monoisotopic (exact) mass is 395 g/mol. The SMILES string of the molecule is C=C1[C@H](c2ccc(C(F)(F)F)cc2)[C@@](C)(c2cc(F)ccc2F)N=C(N)N1C. The van der Waals surface area contributed by atoms with Crippen LogP contribution in [0.25, 0.3) is 0 Å². The molecule has 1 aliphatic rings. The fourth-order valence-corrected chi connectivity index (χ4v) is 3.53. The lowest BCUT2D eigenvalue weighted by Crippen LogP contribution is -2.47. The van der Waals surface area contributed by atoms with E-state index in [1.165, 1.54) is 17.0 Å². The Bertz CT molecular complexity index is 949. The third kappa shape index (κ3) is 3.23. The lowest BCUT2D eigenvalue weighted by atomic mass is 9.73. The van der Waals surface area contributed by atoms with Gasteiger partial charge >= 0.3 is 6.18 Å². The van der Waals surface area contributed by atoms with Crippen molar-refractivity contribution in [1.29, 1.82) is 0 Å². The average Bonchev–Trinajstić information content (AvgIpc) is 2.61. The zero-order chi connectivity index (χ0) is 20.9. The molecule has 0 saturated carbocycles. The number of hydrogen-bond donors (Lipinski definition) is 1. The third-order valence-corrected chi connectivity index (χ3v) is 5.06.